The van der Waals surface area contributed by atoms with Crippen molar-refractivity contribution in [3.63, 3.8) is 0 Å². The van der Waals surface area contributed by atoms with Crippen LogP contribution in [-0.2, 0) is 0 Å². The summed E-state index contributed by atoms with van der Waals surface area (Å²) < 4.78 is 0. The summed E-state index contributed by atoms with van der Waals surface area (Å²) in [6.07, 6.45) is 1.20. The highest BCUT2D eigenvalue weighted by molar-refractivity contribution is 5.92. The van der Waals surface area contributed by atoms with Gasteiger partial charge in [-0.2, -0.15) is 10.4 Å². The zero-order valence-electron chi connectivity index (χ0n) is 6.85. The summed E-state index contributed by atoms with van der Waals surface area (Å²) in [5, 5.41) is 24.0. The van der Waals surface area contributed by atoms with Crippen molar-refractivity contribution >= 4 is 17.0 Å². The molecule has 2 N–H and O–H groups in total. The van der Waals surface area contributed by atoms with Gasteiger partial charge in [-0.3, -0.25) is 5.10 Å². The van der Waals surface area contributed by atoms with E-state index in [4.69, 9.17) is 10.4 Å². The maximum atomic E-state index is 10.6. The monoisotopic (exact) mass is 188 g/mol. The fourth-order valence-electron chi connectivity index (χ4n) is 1.10. The average molecular weight is 188 g/mol. The molecule has 0 bridgehead atoms. The Morgan fingerprint density at radius 3 is 3.07 bits per heavy atom. The predicted octanol–water partition coefficient (Wildman–Crippen LogP) is 0.528. The van der Waals surface area contributed by atoms with Gasteiger partial charge < -0.3 is 5.11 Å². The van der Waals surface area contributed by atoms with Gasteiger partial charge in [0.2, 0.25) is 0 Å². The fourth-order valence-corrected chi connectivity index (χ4v) is 1.10. The van der Waals surface area contributed by atoms with Gasteiger partial charge in [0.1, 0.15) is 11.8 Å². The summed E-state index contributed by atoms with van der Waals surface area (Å²) in [5.74, 6) is -1.08. The van der Waals surface area contributed by atoms with E-state index >= 15 is 0 Å². The van der Waals surface area contributed by atoms with Crippen LogP contribution in [0.1, 0.15) is 16.1 Å². The number of rotatable bonds is 1. The standard InChI is InChI=1S/C8H4N4O2/c9-2-6-5-1-4(8(13)14)3-10-7(5)12-11-6/h1,3H,(H,13,14)(H,10,11,12). The van der Waals surface area contributed by atoms with Crippen LogP contribution in [-0.4, -0.2) is 26.3 Å². The zero-order chi connectivity index (χ0) is 10.1. The van der Waals surface area contributed by atoms with Gasteiger partial charge in [0.25, 0.3) is 0 Å². The summed E-state index contributed by atoms with van der Waals surface area (Å²) in [6, 6.07) is 3.23. The van der Waals surface area contributed by atoms with E-state index in [-0.39, 0.29) is 11.3 Å². The molecule has 0 aliphatic heterocycles. The van der Waals surface area contributed by atoms with Crippen LogP contribution in [0.3, 0.4) is 0 Å². The molecule has 2 aromatic heterocycles. The van der Waals surface area contributed by atoms with Gasteiger partial charge in [0, 0.05) is 6.20 Å². The van der Waals surface area contributed by atoms with Crippen molar-refractivity contribution in [2.24, 2.45) is 0 Å². The van der Waals surface area contributed by atoms with E-state index in [1.807, 2.05) is 6.07 Å². The molecule has 0 aliphatic rings. The highest BCUT2D eigenvalue weighted by Crippen LogP contribution is 2.14. The van der Waals surface area contributed by atoms with Crippen molar-refractivity contribution < 1.29 is 9.90 Å². The first kappa shape index (κ1) is 8.19. The van der Waals surface area contributed by atoms with E-state index in [0.29, 0.717) is 11.0 Å². The Kier molecular flexibility index (Phi) is 1.65. The van der Waals surface area contributed by atoms with Gasteiger partial charge in [-0.1, -0.05) is 0 Å². The van der Waals surface area contributed by atoms with E-state index in [0.717, 1.165) is 0 Å². The van der Waals surface area contributed by atoms with Gasteiger partial charge in [-0.25, -0.2) is 9.78 Å². The number of carboxylic acids is 1. The molecule has 0 atom stereocenters. The van der Waals surface area contributed by atoms with Crippen LogP contribution in [0.15, 0.2) is 12.3 Å². The molecule has 0 saturated carbocycles. The molecule has 2 rings (SSSR count). The molecule has 6 heteroatoms. The minimum Gasteiger partial charge on any atom is -0.478 e. The summed E-state index contributed by atoms with van der Waals surface area (Å²) in [6.45, 7) is 0. The first-order valence-electron chi connectivity index (χ1n) is 3.70. The normalized spacial score (nSPS) is 9.93. The summed E-state index contributed by atoms with van der Waals surface area (Å²) in [5.41, 5.74) is 0.595. The third kappa shape index (κ3) is 1.08. The van der Waals surface area contributed by atoms with Crippen molar-refractivity contribution in [1.82, 2.24) is 15.2 Å². The molecule has 2 heterocycles. The lowest BCUT2D eigenvalue weighted by Gasteiger charge is -1.92. The van der Waals surface area contributed by atoms with Crippen molar-refractivity contribution in [2.45, 2.75) is 0 Å². The number of aromatic carboxylic acids is 1. The van der Waals surface area contributed by atoms with Crippen LogP contribution in [0.25, 0.3) is 11.0 Å². The van der Waals surface area contributed by atoms with Crippen LogP contribution < -0.4 is 0 Å². The third-order valence-corrected chi connectivity index (χ3v) is 1.77. The lowest BCUT2D eigenvalue weighted by molar-refractivity contribution is 0.0696. The van der Waals surface area contributed by atoms with E-state index < -0.39 is 5.97 Å². The molecule has 0 fully saturated rings. The van der Waals surface area contributed by atoms with Crippen LogP contribution in [0.2, 0.25) is 0 Å². The van der Waals surface area contributed by atoms with E-state index in [1.165, 1.54) is 12.3 Å². The number of nitrogens with one attached hydrogen (secondary N) is 1. The van der Waals surface area contributed by atoms with Gasteiger partial charge >= 0.3 is 5.97 Å². The third-order valence-electron chi connectivity index (χ3n) is 1.77. The van der Waals surface area contributed by atoms with Crippen molar-refractivity contribution in [3.8, 4) is 6.07 Å². The number of fused-ring (bicyclic) bond motifs is 1. The molecule has 0 spiro atoms. The highest BCUT2D eigenvalue weighted by Gasteiger charge is 2.09. The van der Waals surface area contributed by atoms with Crippen molar-refractivity contribution in [1.29, 1.82) is 5.26 Å². The second kappa shape index (κ2) is 2.81. The Morgan fingerprint density at radius 2 is 2.43 bits per heavy atom. The molecule has 2 aromatic rings. The van der Waals surface area contributed by atoms with Crippen LogP contribution in [0, 0.1) is 11.3 Å². The molecular weight excluding hydrogens is 184 g/mol. The van der Waals surface area contributed by atoms with Crippen molar-refractivity contribution in [3.05, 3.63) is 23.5 Å². The van der Waals surface area contributed by atoms with Crippen LogP contribution >= 0.6 is 0 Å². The van der Waals surface area contributed by atoms with Crippen LogP contribution in [0.5, 0.6) is 0 Å². The zero-order valence-corrected chi connectivity index (χ0v) is 6.85. The van der Waals surface area contributed by atoms with E-state index in [9.17, 15) is 4.79 Å². The number of hydrogen-bond donors (Lipinski definition) is 2. The van der Waals surface area contributed by atoms with Gasteiger partial charge in [0.15, 0.2) is 5.65 Å². The quantitative estimate of drug-likeness (QED) is 0.679. The Hall–Kier alpha value is -2.42. The number of carboxylic acid groups (broad SMARTS) is 1. The smallest absolute Gasteiger partial charge is 0.337 e. The lowest BCUT2D eigenvalue weighted by atomic mass is 10.2. The number of hydrogen-bond acceptors (Lipinski definition) is 4. The van der Waals surface area contributed by atoms with Crippen molar-refractivity contribution in [2.75, 3.05) is 0 Å². The minimum atomic E-state index is -1.08. The van der Waals surface area contributed by atoms with Gasteiger partial charge in [0.05, 0.1) is 10.9 Å². The molecule has 6 nitrogen and oxygen atoms in total. The van der Waals surface area contributed by atoms with E-state index in [2.05, 4.69) is 15.2 Å². The molecule has 0 radical (unpaired) electrons. The molecule has 0 aromatic carbocycles. The Labute approximate surface area is 77.8 Å². The summed E-state index contributed by atoms with van der Waals surface area (Å²) in [4.78, 5) is 14.4. The Bertz CT molecular complexity index is 552. The second-order valence-electron chi connectivity index (χ2n) is 2.61. The number of nitrogens with zero attached hydrogens (tertiary/aromatic N) is 3. The topological polar surface area (TPSA) is 103 Å². The number of pyridine rings is 1. The highest BCUT2D eigenvalue weighted by atomic mass is 16.4. The molecule has 68 valence electrons. The number of nitriles is 1. The van der Waals surface area contributed by atoms with Gasteiger partial charge in [-0.05, 0) is 6.07 Å². The number of carbonyl (C=O) groups is 1. The number of aromatic amines is 1. The molecular formula is C8H4N4O2. The summed E-state index contributed by atoms with van der Waals surface area (Å²) in [7, 11) is 0. The molecule has 0 unspecified atom stereocenters. The van der Waals surface area contributed by atoms with Gasteiger partial charge in [-0.15, -0.1) is 0 Å². The first-order valence-corrected chi connectivity index (χ1v) is 3.70. The summed E-state index contributed by atoms with van der Waals surface area (Å²) >= 11 is 0. The lowest BCUT2D eigenvalue weighted by Crippen LogP contribution is -1.96. The largest absolute Gasteiger partial charge is 0.478 e. The second-order valence-corrected chi connectivity index (χ2v) is 2.61. The SMILES string of the molecule is N#Cc1[nH]nc2ncc(C(=O)O)cc12. The Balaban J connectivity index is 2.75. The molecule has 0 aliphatic carbocycles. The maximum Gasteiger partial charge on any atom is 0.337 e. The predicted molar refractivity (Wildman–Crippen MR) is 45.6 cm³/mol. The Morgan fingerprint density at radius 1 is 1.64 bits per heavy atom. The molecule has 14 heavy (non-hydrogen) atoms. The molecule has 0 amide bonds. The van der Waals surface area contributed by atoms with E-state index in [1.54, 1.807) is 0 Å². The average Bonchev–Trinajstić information content (AvgIpc) is 2.59. The fraction of sp³-hybridized carbons (Fsp3) is 0. The number of H-pyrrole nitrogens is 1. The van der Waals surface area contributed by atoms with Crippen LogP contribution in [0.4, 0.5) is 0 Å². The minimum absolute atomic E-state index is 0.0374. The molecule has 0 saturated heterocycles. The first-order chi connectivity index (χ1) is 6.72. The number of aromatic nitrogens is 3. The maximum absolute atomic E-state index is 10.6.